The van der Waals surface area contributed by atoms with Crippen LogP contribution >= 0.6 is 0 Å². The number of nitrogens with two attached hydrogens (primary N) is 1. The number of nitrogens with zero attached hydrogens (tertiary/aromatic N) is 1. The third-order valence-electron chi connectivity index (χ3n) is 3.64. The molecule has 6 nitrogen and oxygen atoms in total. The second-order valence-corrected chi connectivity index (χ2v) is 9.92. The molecule has 1 aromatic carbocycles. The topological polar surface area (TPSA) is 97.5 Å². The molecule has 0 amide bonds. The molecule has 23 heavy (non-hydrogen) atoms. The molecule has 0 radical (unpaired) electrons. The molecule has 0 heterocycles. The van der Waals surface area contributed by atoms with Crippen molar-refractivity contribution in [2.45, 2.75) is 36.1 Å². The third-order valence-corrected chi connectivity index (χ3v) is 6.63. The van der Waals surface area contributed by atoms with Crippen molar-refractivity contribution in [1.29, 1.82) is 0 Å². The first kappa shape index (κ1) is 20.0. The SMILES string of the molecule is CC(C)C(N)CCN(C)S(=O)(=O)c1ccc(S(C)(=O)=O)c(F)c1. The molecule has 0 aromatic heterocycles. The fraction of sp³-hybridized carbons (Fsp3) is 0.571. The van der Waals surface area contributed by atoms with Gasteiger partial charge in [-0.2, -0.15) is 0 Å². The monoisotopic (exact) mass is 366 g/mol. The largest absolute Gasteiger partial charge is 0.327 e. The summed E-state index contributed by atoms with van der Waals surface area (Å²) in [4.78, 5) is -0.816. The molecule has 1 rings (SSSR count). The Morgan fingerprint density at radius 2 is 1.78 bits per heavy atom. The quantitative estimate of drug-likeness (QED) is 0.782. The lowest BCUT2D eigenvalue weighted by Crippen LogP contribution is -2.34. The molecule has 0 saturated carbocycles. The van der Waals surface area contributed by atoms with Gasteiger partial charge >= 0.3 is 0 Å². The van der Waals surface area contributed by atoms with Gasteiger partial charge < -0.3 is 5.73 Å². The van der Waals surface area contributed by atoms with Gasteiger partial charge in [-0.1, -0.05) is 13.8 Å². The van der Waals surface area contributed by atoms with Crippen LogP contribution in [0.25, 0.3) is 0 Å². The van der Waals surface area contributed by atoms with Gasteiger partial charge in [-0.15, -0.1) is 0 Å². The first-order valence-corrected chi connectivity index (χ1v) is 10.4. The van der Waals surface area contributed by atoms with Gasteiger partial charge in [0, 0.05) is 25.9 Å². The Kier molecular flexibility index (Phi) is 6.31. The number of hydrogen-bond acceptors (Lipinski definition) is 5. The number of hydrogen-bond donors (Lipinski definition) is 1. The maximum absolute atomic E-state index is 13.9. The predicted molar refractivity (Wildman–Crippen MR) is 86.8 cm³/mol. The smallest absolute Gasteiger partial charge is 0.242 e. The van der Waals surface area contributed by atoms with E-state index in [0.29, 0.717) is 6.42 Å². The van der Waals surface area contributed by atoms with Crippen molar-refractivity contribution in [2.24, 2.45) is 11.7 Å². The lowest BCUT2D eigenvalue weighted by molar-refractivity contribution is 0.397. The van der Waals surface area contributed by atoms with Crippen molar-refractivity contribution >= 4 is 19.9 Å². The van der Waals surface area contributed by atoms with Gasteiger partial charge in [0.05, 0.1) is 4.90 Å². The maximum Gasteiger partial charge on any atom is 0.242 e. The molecule has 0 saturated heterocycles. The van der Waals surface area contributed by atoms with E-state index in [2.05, 4.69) is 0 Å². The van der Waals surface area contributed by atoms with Crippen LogP contribution in [0.1, 0.15) is 20.3 Å². The molecule has 1 unspecified atom stereocenters. The van der Waals surface area contributed by atoms with Crippen LogP contribution in [-0.4, -0.2) is 47.0 Å². The Morgan fingerprint density at radius 3 is 2.22 bits per heavy atom. The average Bonchev–Trinajstić information content (AvgIpc) is 2.42. The summed E-state index contributed by atoms with van der Waals surface area (Å²) in [6.45, 7) is 4.08. The highest BCUT2D eigenvalue weighted by Gasteiger charge is 2.24. The van der Waals surface area contributed by atoms with Crippen LogP contribution < -0.4 is 5.73 Å². The predicted octanol–water partition coefficient (Wildman–Crippen LogP) is 1.22. The molecule has 0 fully saturated rings. The Labute approximate surface area is 137 Å². The van der Waals surface area contributed by atoms with Gasteiger partial charge in [0.25, 0.3) is 0 Å². The summed E-state index contributed by atoms with van der Waals surface area (Å²) in [6, 6.07) is 2.64. The highest BCUT2D eigenvalue weighted by atomic mass is 32.2. The average molecular weight is 366 g/mol. The minimum Gasteiger partial charge on any atom is -0.327 e. The van der Waals surface area contributed by atoms with Crippen LogP contribution in [0.3, 0.4) is 0 Å². The van der Waals surface area contributed by atoms with Crippen molar-refractivity contribution in [1.82, 2.24) is 4.31 Å². The van der Waals surface area contributed by atoms with Crippen LogP contribution in [0.2, 0.25) is 0 Å². The standard InChI is InChI=1S/C14H23FN2O4S2/c1-10(2)13(16)7-8-17(3)23(20,21)11-5-6-14(12(15)9-11)22(4,18)19/h5-6,9-10,13H,7-8,16H2,1-4H3. The van der Waals surface area contributed by atoms with Crippen LogP contribution in [0.4, 0.5) is 4.39 Å². The van der Waals surface area contributed by atoms with Gasteiger partial charge in [-0.3, -0.25) is 0 Å². The van der Waals surface area contributed by atoms with Gasteiger partial charge in [0.2, 0.25) is 10.0 Å². The summed E-state index contributed by atoms with van der Waals surface area (Å²) in [5, 5.41) is 0. The molecular weight excluding hydrogens is 343 g/mol. The molecule has 2 N–H and O–H groups in total. The molecule has 0 aliphatic rings. The summed E-state index contributed by atoms with van der Waals surface area (Å²) in [7, 11) is -6.27. The molecule has 0 spiro atoms. The molecule has 1 aromatic rings. The summed E-state index contributed by atoms with van der Waals surface area (Å²) in [5.74, 6) is -0.863. The van der Waals surface area contributed by atoms with Gasteiger partial charge in [0.1, 0.15) is 10.7 Å². The second-order valence-electron chi connectivity index (χ2n) is 5.89. The molecule has 0 aliphatic heterocycles. The third kappa shape index (κ3) is 4.97. The Hall–Kier alpha value is -1.03. The number of benzene rings is 1. The van der Waals surface area contributed by atoms with E-state index in [1.807, 2.05) is 13.8 Å². The van der Waals surface area contributed by atoms with Crippen molar-refractivity contribution in [3.05, 3.63) is 24.0 Å². The lowest BCUT2D eigenvalue weighted by Gasteiger charge is -2.21. The zero-order valence-electron chi connectivity index (χ0n) is 13.7. The van der Waals surface area contributed by atoms with Gasteiger partial charge in [-0.05, 0) is 30.5 Å². The van der Waals surface area contributed by atoms with E-state index in [4.69, 9.17) is 5.73 Å². The number of rotatable bonds is 7. The summed E-state index contributed by atoms with van der Waals surface area (Å²) in [6.07, 6.45) is 1.33. The summed E-state index contributed by atoms with van der Waals surface area (Å²) in [5.41, 5.74) is 5.89. The highest BCUT2D eigenvalue weighted by Crippen LogP contribution is 2.21. The first-order chi connectivity index (χ1) is 10.4. The number of sulfone groups is 1. The van der Waals surface area contributed by atoms with Gasteiger partial charge in [-0.25, -0.2) is 25.5 Å². The van der Waals surface area contributed by atoms with Crippen LogP contribution in [0, 0.1) is 11.7 Å². The first-order valence-electron chi connectivity index (χ1n) is 7.09. The fourth-order valence-corrected chi connectivity index (χ4v) is 3.83. The van der Waals surface area contributed by atoms with Crippen molar-refractivity contribution < 1.29 is 21.2 Å². The Morgan fingerprint density at radius 1 is 1.22 bits per heavy atom. The second kappa shape index (κ2) is 7.25. The van der Waals surface area contributed by atoms with Crippen LogP contribution in [0.5, 0.6) is 0 Å². The minimum atomic E-state index is -3.90. The summed E-state index contributed by atoms with van der Waals surface area (Å²) >= 11 is 0. The van der Waals surface area contributed by atoms with E-state index in [0.717, 1.165) is 28.8 Å². The number of sulfonamides is 1. The number of halogens is 1. The van der Waals surface area contributed by atoms with E-state index in [1.54, 1.807) is 0 Å². The van der Waals surface area contributed by atoms with Gasteiger partial charge in [0.15, 0.2) is 9.84 Å². The van der Waals surface area contributed by atoms with E-state index >= 15 is 0 Å². The van der Waals surface area contributed by atoms with Crippen molar-refractivity contribution in [3.8, 4) is 0 Å². The molecule has 1 atom stereocenters. The minimum absolute atomic E-state index is 0.142. The zero-order valence-corrected chi connectivity index (χ0v) is 15.3. The highest BCUT2D eigenvalue weighted by molar-refractivity contribution is 7.90. The molecular formula is C14H23FN2O4S2. The lowest BCUT2D eigenvalue weighted by atomic mass is 10.0. The van der Waals surface area contributed by atoms with Crippen LogP contribution in [-0.2, 0) is 19.9 Å². The summed E-state index contributed by atoms with van der Waals surface area (Å²) < 4.78 is 62.5. The maximum atomic E-state index is 13.9. The Bertz CT molecular complexity index is 761. The van der Waals surface area contributed by atoms with Crippen molar-refractivity contribution in [2.75, 3.05) is 19.8 Å². The van der Waals surface area contributed by atoms with E-state index in [9.17, 15) is 21.2 Å². The van der Waals surface area contributed by atoms with E-state index in [-0.39, 0.29) is 23.4 Å². The van der Waals surface area contributed by atoms with E-state index in [1.165, 1.54) is 7.05 Å². The van der Waals surface area contributed by atoms with Crippen molar-refractivity contribution in [3.63, 3.8) is 0 Å². The molecule has 132 valence electrons. The molecule has 0 bridgehead atoms. The molecule has 9 heteroatoms. The normalized spacial score (nSPS) is 14.4. The van der Waals surface area contributed by atoms with E-state index < -0.39 is 30.6 Å². The fourth-order valence-electron chi connectivity index (χ4n) is 1.91. The Balaban J connectivity index is 3.03. The molecule has 0 aliphatic carbocycles. The zero-order chi connectivity index (χ0) is 18.0. The van der Waals surface area contributed by atoms with Crippen LogP contribution in [0.15, 0.2) is 28.0 Å².